The zero-order valence-corrected chi connectivity index (χ0v) is 11.5. The summed E-state index contributed by atoms with van der Waals surface area (Å²) >= 11 is 7.55. The maximum atomic E-state index is 9.26. The predicted octanol–water partition coefficient (Wildman–Crippen LogP) is 4.10. The van der Waals surface area contributed by atoms with Gasteiger partial charge < -0.3 is 0 Å². The molecule has 3 nitrogen and oxygen atoms in total. The number of nitrogens with one attached hydrogen (secondary N) is 1. The highest BCUT2D eigenvalue weighted by atomic mass is 35.5. The van der Waals surface area contributed by atoms with Gasteiger partial charge in [-0.05, 0) is 24.3 Å². The molecule has 0 saturated heterocycles. The Hall–Kier alpha value is -1.44. The highest BCUT2D eigenvalue weighted by Crippen LogP contribution is 2.30. The molecule has 1 aromatic carbocycles. The molecular formula is C13H12ClN3S. The van der Waals surface area contributed by atoms with Gasteiger partial charge in [-0.3, -0.25) is 5.10 Å². The second kappa shape index (κ2) is 5.94. The van der Waals surface area contributed by atoms with E-state index in [4.69, 9.17) is 11.6 Å². The zero-order chi connectivity index (χ0) is 13.0. The standard InChI is InChI=1S/C13H12ClN3S/c1-2-6-18-13-11(8-15)12(16-17-13)9-4-3-5-10(14)7-9/h3-5,7H,2,6H2,1H3,(H,16,17). The molecule has 2 aromatic rings. The molecule has 0 saturated carbocycles. The Morgan fingerprint density at radius 2 is 2.33 bits per heavy atom. The Labute approximate surface area is 115 Å². The minimum Gasteiger partial charge on any atom is -0.275 e. The van der Waals surface area contributed by atoms with Gasteiger partial charge in [-0.25, -0.2) is 0 Å². The van der Waals surface area contributed by atoms with Gasteiger partial charge in [0.15, 0.2) is 0 Å². The first kappa shape index (κ1) is 13.0. The van der Waals surface area contributed by atoms with Crippen LogP contribution in [-0.2, 0) is 0 Å². The molecule has 0 bridgehead atoms. The molecule has 0 aliphatic heterocycles. The normalized spacial score (nSPS) is 10.3. The number of aromatic amines is 1. The number of hydrogen-bond donors (Lipinski definition) is 1. The SMILES string of the molecule is CCCSc1n[nH]c(-c2cccc(Cl)c2)c1C#N. The summed E-state index contributed by atoms with van der Waals surface area (Å²) < 4.78 is 0. The molecule has 0 fully saturated rings. The second-order valence-electron chi connectivity index (χ2n) is 3.75. The minimum absolute atomic E-state index is 0.593. The largest absolute Gasteiger partial charge is 0.275 e. The fraction of sp³-hybridized carbons (Fsp3) is 0.231. The predicted molar refractivity (Wildman–Crippen MR) is 74.8 cm³/mol. The summed E-state index contributed by atoms with van der Waals surface area (Å²) in [5.74, 6) is 0.953. The molecule has 1 aromatic heterocycles. The van der Waals surface area contributed by atoms with Crippen molar-refractivity contribution in [3.05, 3.63) is 34.9 Å². The van der Waals surface area contributed by atoms with E-state index >= 15 is 0 Å². The van der Waals surface area contributed by atoms with Gasteiger partial charge in [-0.2, -0.15) is 10.4 Å². The van der Waals surface area contributed by atoms with E-state index in [9.17, 15) is 5.26 Å². The van der Waals surface area contributed by atoms with Gasteiger partial charge >= 0.3 is 0 Å². The van der Waals surface area contributed by atoms with E-state index in [1.807, 2.05) is 18.2 Å². The van der Waals surface area contributed by atoms with Crippen LogP contribution in [0.5, 0.6) is 0 Å². The van der Waals surface area contributed by atoms with Gasteiger partial charge in [0.05, 0.1) is 5.69 Å². The first-order valence-electron chi connectivity index (χ1n) is 5.63. The summed E-state index contributed by atoms with van der Waals surface area (Å²) in [5, 5.41) is 17.8. The molecule has 1 N–H and O–H groups in total. The van der Waals surface area contributed by atoms with Gasteiger partial charge in [0, 0.05) is 10.6 Å². The van der Waals surface area contributed by atoms with E-state index in [0.717, 1.165) is 28.5 Å². The molecule has 0 atom stereocenters. The van der Waals surface area contributed by atoms with Crippen molar-refractivity contribution in [3.8, 4) is 17.3 Å². The number of thioether (sulfide) groups is 1. The van der Waals surface area contributed by atoms with Crippen LogP contribution in [0.1, 0.15) is 18.9 Å². The number of nitrogens with zero attached hydrogens (tertiary/aromatic N) is 2. The topological polar surface area (TPSA) is 52.5 Å². The van der Waals surface area contributed by atoms with E-state index in [2.05, 4.69) is 23.2 Å². The van der Waals surface area contributed by atoms with Crippen LogP contribution in [0, 0.1) is 11.3 Å². The van der Waals surface area contributed by atoms with Crippen LogP contribution < -0.4 is 0 Å². The zero-order valence-electron chi connectivity index (χ0n) is 9.90. The third kappa shape index (κ3) is 2.69. The molecule has 0 spiro atoms. The van der Waals surface area contributed by atoms with Gasteiger partial charge in [0.2, 0.25) is 0 Å². The monoisotopic (exact) mass is 277 g/mol. The van der Waals surface area contributed by atoms with E-state index in [1.165, 1.54) is 0 Å². The second-order valence-corrected chi connectivity index (χ2v) is 5.27. The number of aromatic nitrogens is 2. The van der Waals surface area contributed by atoms with Crippen LogP contribution in [0.3, 0.4) is 0 Å². The smallest absolute Gasteiger partial charge is 0.136 e. The summed E-state index contributed by atoms with van der Waals surface area (Å²) in [7, 11) is 0. The maximum Gasteiger partial charge on any atom is 0.136 e. The van der Waals surface area contributed by atoms with Crippen LogP contribution in [0.15, 0.2) is 29.3 Å². The van der Waals surface area contributed by atoms with E-state index in [-0.39, 0.29) is 0 Å². The number of nitriles is 1. The number of rotatable bonds is 4. The van der Waals surface area contributed by atoms with Crippen LogP contribution in [0.25, 0.3) is 11.3 Å². The van der Waals surface area contributed by atoms with Crippen molar-refractivity contribution < 1.29 is 0 Å². The molecule has 0 amide bonds. The molecule has 92 valence electrons. The lowest BCUT2D eigenvalue weighted by molar-refractivity contribution is 0.998. The van der Waals surface area contributed by atoms with Crippen LogP contribution in [0.2, 0.25) is 5.02 Å². The van der Waals surface area contributed by atoms with Crippen molar-refractivity contribution in [1.82, 2.24) is 10.2 Å². The average Bonchev–Trinajstić information content (AvgIpc) is 2.79. The van der Waals surface area contributed by atoms with Crippen LogP contribution in [0.4, 0.5) is 0 Å². The van der Waals surface area contributed by atoms with E-state index in [0.29, 0.717) is 10.6 Å². The summed E-state index contributed by atoms with van der Waals surface area (Å²) in [6.07, 6.45) is 1.05. The number of halogens is 1. The lowest BCUT2D eigenvalue weighted by Crippen LogP contribution is -1.83. The van der Waals surface area contributed by atoms with Gasteiger partial charge in [0.25, 0.3) is 0 Å². The molecule has 0 radical (unpaired) electrons. The number of H-pyrrole nitrogens is 1. The van der Waals surface area contributed by atoms with Crippen molar-refractivity contribution >= 4 is 23.4 Å². The Morgan fingerprint density at radius 1 is 1.50 bits per heavy atom. The molecule has 0 aliphatic carbocycles. The highest BCUT2D eigenvalue weighted by Gasteiger charge is 2.14. The molecular weight excluding hydrogens is 266 g/mol. The summed E-state index contributed by atoms with van der Waals surface area (Å²) in [6, 6.07) is 9.61. The Bertz CT molecular complexity index is 586. The third-order valence-electron chi connectivity index (χ3n) is 2.40. The summed E-state index contributed by atoms with van der Waals surface area (Å²) in [5.41, 5.74) is 2.21. The molecule has 0 aliphatic rings. The molecule has 0 unspecified atom stereocenters. The molecule has 18 heavy (non-hydrogen) atoms. The van der Waals surface area contributed by atoms with Gasteiger partial charge in [-0.15, -0.1) is 11.8 Å². The number of hydrogen-bond acceptors (Lipinski definition) is 3. The van der Waals surface area contributed by atoms with E-state index < -0.39 is 0 Å². The first-order chi connectivity index (χ1) is 8.76. The van der Waals surface area contributed by atoms with Crippen LogP contribution in [-0.4, -0.2) is 16.0 Å². The Balaban J connectivity index is 2.40. The van der Waals surface area contributed by atoms with Crippen molar-refractivity contribution in [2.75, 3.05) is 5.75 Å². The van der Waals surface area contributed by atoms with Crippen LogP contribution >= 0.6 is 23.4 Å². The Kier molecular flexibility index (Phi) is 4.29. The number of benzene rings is 1. The van der Waals surface area contributed by atoms with E-state index in [1.54, 1.807) is 17.8 Å². The quantitative estimate of drug-likeness (QED) is 0.856. The Morgan fingerprint density at radius 3 is 3.00 bits per heavy atom. The first-order valence-corrected chi connectivity index (χ1v) is 6.99. The lowest BCUT2D eigenvalue weighted by Gasteiger charge is -1.99. The fourth-order valence-corrected chi connectivity index (χ4v) is 2.58. The van der Waals surface area contributed by atoms with Gasteiger partial charge in [0.1, 0.15) is 16.7 Å². The fourth-order valence-electron chi connectivity index (χ4n) is 1.59. The van der Waals surface area contributed by atoms with Gasteiger partial charge in [-0.1, -0.05) is 30.7 Å². The molecule has 1 heterocycles. The molecule has 2 rings (SSSR count). The third-order valence-corrected chi connectivity index (χ3v) is 3.82. The highest BCUT2D eigenvalue weighted by molar-refractivity contribution is 7.99. The average molecular weight is 278 g/mol. The minimum atomic E-state index is 0.593. The van der Waals surface area contributed by atoms with Crippen molar-refractivity contribution in [3.63, 3.8) is 0 Å². The van der Waals surface area contributed by atoms with Crippen molar-refractivity contribution in [2.45, 2.75) is 18.4 Å². The summed E-state index contributed by atoms with van der Waals surface area (Å²) in [6.45, 7) is 2.10. The molecule has 5 heteroatoms. The lowest BCUT2D eigenvalue weighted by atomic mass is 10.1. The van der Waals surface area contributed by atoms with Crippen molar-refractivity contribution in [2.24, 2.45) is 0 Å². The van der Waals surface area contributed by atoms with Crippen molar-refractivity contribution in [1.29, 1.82) is 5.26 Å². The summed E-state index contributed by atoms with van der Waals surface area (Å²) in [4.78, 5) is 0. The maximum absolute atomic E-state index is 9.26.